The lowest BCUT2D eigenvalue weighted by Gasteiger charge is -2.14. The highest BCUT2D eigenvalue weighted by Gasteiger charge is 2.08. The molecule has 0 bridgehead atoms. The van der Waals surface area contributed by atoms with Gasteiger partial charge in [0.15, 0.2) is 0 Å². The Balaban J connectivity index is 3.41. The van der Waals surface area contributed by atoms with E-state index >= 15 is 0 Å². The van der Waals surface area contributed by atoms with Gasteiger partial charge in [-0.25, -0.2) is 0 Å². The van der Waals surface area contributed by atoms with Crippen molar-refractivity contribution < 1.29 is 0 Å². The number of anilines is 2. The van der Waals surface area contributed by atoms with Gasteiger partial charge in [-0.1, -0.05) is 13.8 Å². The second-order valence-electron chi connectivity index (χ2n) is 3.34. The van der Waals surface area contributed by atoms with Gasteiger partial charge in [0.2, 0.25) is 0 Å². The molecule has 0 aromatic heterocycles. The number of nitrogens with two attached hydrogens (primary N) is 2. The Morgan fingerprint density at radius 2 is 1.54 bits per heavy atom. The first-order chi connectivity index (χ1) is 6.11. The summed E-state index contributed by atoms with van der Waals surface area (Å²) in [4.78, 5) is 0. The van der Waals surface area contributed by atoms with Crippen molar-refractivity contribution in [1.82, 2.24) is 0 Å². The number of hydrogen-bond acceptors (Lipinski definition) is 2. The maximum Gasteiger partial charge on any atom is 0.0370 e. The minimum atomic E-state index is 0.812. The Kier molecular flexibility index (Phi) is 2.81. The summed E-state index contributed by atoms with van der Waals surface area (Å²) in [6, 6.07) is 1.87. The van der Waals surface area contributed by atoms with Crippen molar-refractivity contribution in [2.45, 2.75) is 33.6 Å². The molecule has 0 unspecified atom stereocenters. The molecule has 2 nitrogen and oxygen atoms in total. The number of hydrogen-bond donors (Lipinski definition) is 2. The van der Waals surface area contributed by atoms with Crippen LogP contribution in [-0.4, -0.2) is 0 Å². The summed E-state index contributed by atoms with van der Waals surface area (Å²) >= 11 is 0. The molecule has 1 aromatic carbocycles. The van der Waals surface area contributed by atoms with Crippen molar-refractivity contribution in [3.63, 3.8) is 0 Å². The summed E-state index contributed by atoms with van der Waals surface area (Å²) in [7, 11) is 0. The second-order valence-corrected chi connectivity index (χ2v) is 3.34. The van der Waals surface area contributed by atoms with Crippen LogP contribution in [0.2, 0.25) is 0 Å². The van der Waals surface area contributed by atoms with Crippen LogP contribution in [0.5, 0.6) is 0 Å². The molecule has 0 saturated carbocycles. The molecule has 0 aliphatic heterocycles. The molecule has 1 aromatic rings. The maximum atomic E-state index is 5.90. The van der Waals surface area contributed by atoms with Crippen LogP contribution in [0.25, 0.3) is 0 Å². The molecule has 0 aliphatic carbocycles. The molecule has 72 valence electrons. The van der Waals surface area contributed by atoms with Crippen LogP contribution < -0.4 is 11.5 Å². The van der Waals surface area contributed by atoms with Crippen LogP contribution in [0.3, 0.4) is 0 Å². The molecule has 0 atom stereocenters. The Hall–Kier alpha value is -1.18. The van der Waals surface area contributed by atoms with E-state index < -0.39 is 0 Å². The van der Waals surface area contributed by atoms with Crippen LogP contribution in [-0.2, 0) is 12.8 Å². The van der Waals surface area contributed by atoms with Crippen molar-refractivity contribution in [3.8, 4) is 0 Å². The average molecular weight is 178 g/mol. The molecular weight excluding hydrogens is 160 g/mol. The van der Waals surface area contributed by atoms with Crippen LogP contribution in [0, 0.1) is 6.92 Å². The van der Waals surface area contributed by atoms with Gasteiger partial charge in [-0.2, -0.15) is 0 Å². The third-order valence-corrected chi connectivity index (χ3v) is 2.62. The Labute approximate surface area is 79.9 Å². The van der Waals surface area contributed by atoms with Crippen LogP contribution in [0.4, 0.5) is 11.4 Å². The summed E-state index contributed by atoms with van der Waals surface area (Å²) in [5.74, 6) is 0. The predicted octanol–water partition coefficient (Wildman–Crippen LogP) is 2.28. The van der Waals surface area contributed by atoms with Gasteiger partial charge < -0.3 is 11.5 Å². The minimum Gasteiger partial charge on any atom is -0.398 e. The lowest BCUT2D eigenvalue weighted by molar-refractivity contribution is 1.02. The average Bonchev–Trinajstić information content (AvgIpc) is 2.10. The van der Waals surface area contributed by atoms with Gasteiger partial charge in [-0.3, -0.25) is 0 Å². The largest absolute Gasteiger partial charge is 0.398 e. The number of rotatable bonds is 2. The van der Waals surface area contributed by atoms with Gasteiger partial charge in [0, 0.05) is 11.4 Å². The van der Waals surface area contributed by atoms with Crippen LogP contribution >= 0.6 is 0 Å². The predicted molar refractivity (Wildman–Crippen MR) is 58.8 cm³/mol. The molecule has 0 heterocycles. The van der Waals surface area contributed by atoms with Gasteiger partial charge in [0.1, 0.15) is 0 Å². The number of benzene rings is 1. The zero-order chi connectivity index (χ0) is 10.0. The Bertz CT molecular complexity index is 316. The molecule has 0 spiro atoms. The van der Waals surface area contributed by atoms with Gasteiger partial charge in [-0.15, -0.1) is 0 Å². The fraction of sp³-hybridized carbons (Fsp3) is 0.455. The highest BCUT2D eigenvalue weighted by Crippen LogP contribution is 2.27. The molecule has 2 heteroatoms. The van der Waals surface area contributed by atoms with Crippen molar-refractivity contribution >= 4 is 11.4 Å². The third kappa shape index (κ3) is 1.62. The first-order valence-corrected chi connectivity index (χ1v) is 4.78. The highest BCUT2D eigenvalue weighted by atomic mass is 14.6. The molecule has 0 fully saturated rings. The molecule has 0 saturated heterocycles. The summed E-state index contributed by atoms with van der Waals surface area (Å²) < 4.78 is 0. The van der Waals surface area contributed by atoms with Crippen molar-refractivity contribution in [3.05, 3.63) is 22.8 Å². The van der Waals surface area contributed by atoms with Gasteiger partial charge in [-0.05, 0) is 42.5 Å². The van der Waals surface area contributed by atoms with Gasteiger partial charge >= 0.3 is 0 Å². The minimum absolute atomic E-state index is 0.812. The highest BCUT2D eigenvalue weighted by molar-refractivity contribution is 5.65. The maximum absolute atomic E-state index is 5.90. The molecule has 4 N–H and O–H groups in total. The Morgan fingerprint density at radius 1 is 1.00 bits per heavy atom. The van der Waals surface area contributed by atoms with Crippen molar-refractivity contribution in [2.75, 3.05) is 11.5 Å². The summed E-state index contributed by atoms with van der Waals surface area (Å²) in [5, 5.41) is 0. The molecular formula is C11H18N2. The van der Waals surface area contributed by atoms with Crippen molar-refractivity contribution in [1.29, 1.82) is 0 Å². The van der Waals surface area contributed by atoms with E-state index in [1.807, 2.05) is 6.07 Å². The second kappa shape index (κ2) is 3.69. The smallest absolute Gasteiger partial charge is 0.0370 e. The van der Waals surface area contributed by atoms with Crippen LogP contribution in [0.15, 0.2) is 6.07 Å². The normalized spacial score (nSPS) is 10.4. The molecule has 13 heavy (non-hydrogen) atoms. The third-order valence-electron chi connectivity index (χ3n) is 2.62. The zero-order valence-electron chi connectivity index (χ0n) is 8.65. The first-order valence-electron chi connectivity index (χ1n) is 4.78. The van der Waals surface area contributed by atoms with Crippen molar-refractivity contribution in [2.24, 2.45) is 0 Å². The van der Waals surface area contributed by atoms with E-state index in [1.54, 1.807) is 0 Å². The quantitative estimate of drug-likeness (QED) is 0.683. The molecule has 0 amide bonds. The van der Waals surface area contributed by atoms with Gasteiger partial charge in [0.05, 0.1) is 0 Å². The fourth-order valence-corrected chi connectivity index (χ4v) is 1.83. The lowest BCUT2D eigenvalue weighted by atomic mass is 9.95. The summed E-state index contributed by atoms with van der Waals surface area (Å²) in [6.45, 7) is 6.33. The Morgan fingerprint density at radius 3 is 2.00 bits per heavy atom. The fourth-order valence-electron chi connectivity index (χ4n) is 1.83. The SMILES string of the molecule is CCc1c(N)cc(N)c(C)c1CC. The monoisotopic (exact) mass is 178 g/mol. The summed E-state index contributed by atoms with van der Waals surface area (Å²) in [6.07, 6.45) is 1.99. The van der Waals surface area contributed by atoms with Crippen LogP contribution in [0.1, 0.15) is 30.5 Å². The first kappa shape index (κ1) is 9.90. The van der Waals surface area contributed by atoms with E-state index in [2.05, 4.69) is 20.8 Å². The molecule has 0 aliphatic rings. The molecule has 0 radical (unpaired) electrons. The van der Waals surface area contributed by atoms with E-state index in [9.17, 15) is 0 Å². The van der Waals surface area contributed by atoms with E-state index in [0.717, 1.165) is 24.2 Å². The standard InChI is InChI=1S/C11H18N2/c1-4-8-7(3)10(12)6-11(13)9(8)5-2/h6H,4-5,12-13H2,1-3H3. The van der Waals surface area contributed by atoms with E-state index in [-0.39, 0.29) is 0 Å². The molecule has 1 rings (SSSR count). The van der Waals surface area contributed by atoms with Gasteiger partial charge in [0.25, 0.3) is 0 Å². The lowest BCUT2D eigenvalue weighted by Crippen LogP contribution is -2.04. The zero-order valence-corrected chi connectivity index (χ0v) is 8.65. The topological polar surface area (TPSA) is 52.0 Å². The van der Waals surface area contributed by atoms with E-state index in [4.69, 9.17) is 11.5 Å². The van der Waals surface area contributed by atoms with E-state index in [1.165, 1.54) is 16.7 Å². The number of nitrogen functional groups attached to an aromatic ring is 2. The van der Waals surface area contributed by atoms with E-state index in [0.29, 0.717) is 0 Å². The summed E-state index contributed by atoms with van der Waals surface area (Å²) in [5.41, 5.74) is 17.2.